The summed E-state index contributed by atoms with van der Waals surface area (Å²) in [6, 6.07) is 7.77. The van der Waals surface area contributed by atoms with Crippen molar-refractivity contribution in [2.24, 2.45) is 0 Å². The zero-order valence-electron chi connectivity index (χ0n) is 18.0. The highest BCUT2D eigenvalue weighted by molar-refractivity contribution is 5.65. The van der Waals surface area contributed by atoms with Gasteiger partial charge in [0.05, 0.1) is 11.1 Å². The Morgan fingerprint density at radius 2 is 1.20 bits per heavy atom. The van der Waals surface area contributed by atoms with Gasteiger partial charge in [0.25, 0.3) is 22.5 Å². The monoisotopic (exact) mass is 412 g/mol. The fourth-order valence-electron chi connectivity index (χ4n) is 3.64. The molecule has 0 aliphatic rings. The van der Waals surface area contributed by atoms with Gasteiger partial charge in [-0.15, -0.1) is 0 Å². The van der Waals surface area contributed by atoms with Crippen molar-refractivity contribution in [1.29, 1.82) is 10.8 Å². The molecule has 0 amide bonds. The predicted octanol–water partition coefficient (Wildman–Crippen LogP) is 2.82. The van der Waals surface area contributed by atoms with Crippen LogP contribution in [0.4, 0.5) is 0 Å². The summed E-state index contributed by atoms with van der Waals surface area (Å²) < 4.78 is 13.9. The molecule has 0 unspecified atom stereocenters. The molecule has 162 valence electrons. The maximum Gasteiger partial charge on any atom is 0.273 e. The molecule has 0 radical (unpaired) electrons. The number of hydrogen-bond acceptors (Lipinski definition) is 4. The first-order valence-corrected chi connectivity index (χ1v) is 11.0. The molecule has 0 saturated carbocycles. The number of nitrogens with zero attached hydrogens (tertiary/aromatic N) is 4. The van der Waals surface area contributed by atoms with Crippen LogP contribution in [0.3, 0.4) is 0 Å². The topological polar surface area (TPSA) is 110 Å². The van der Waals surface area contributed by atoms with Gasteiger partial charge in [-0.2, -0.15) is 0 Å². The standard InChI is InChI=1S/C22H32N6O2/c1-3-5-7-9-14-27-19(21(23)29-25-27)17-12-11-13-18(16-17)20-22(24)30-26-28(20)15-10-8-6-4-2/h11-13,16,23-24H,3-10,14-15H2,1-2H3. The third kappa shape index (κ3) is 5.17. The largest absolute Gasteiger partial charge is 0.486 e. The Bertz CT molecular complexity index is 963. The molecular formula is C22H32N6O2. The van der Waals surface area contributed by atoms with Gasteiger partial charge in [0.15, 0.2) is 0 Å². The fourth-order valence-corrected chi connectivity index (χ4v) is 3.64. The molecule has 8 heteroatoms. The maximum atomic E-state index is 8.18. The molecular weight excluding hydrogens is 380 g/mol. The van der Waals surface area contributed by atoms with E-state index >= 15 is 0 Å². The second kappa shape index (κ2) is 10.8. The van der Waals surface area contributed by atoms with E-state index in [1.54, 1.807) is 9.36 Å². The molecule has 2 N–H and O–H groups in total. The van der Waals surface area contributed by atoms with Gasteiger partial charge in [0.1, 0.15) is 13.1 Å². The molecule has 3 rings (SSSR count). The molecule has 2 aromatic heterocycles. The average Bonchev–Trinajstić information content (AvgIpc) is 3.31. The van der Waals surface area contributed by atoms with Crippen molar-refractivity contribution in [3.63, 3.8) is 0 Å². The normalized spacial score (nSPS) is 11.3. The van der Waals surface area contributed by atoms with Gasteiger partial charge < -0.3 is 9.05 Å². The first-order valence-electron chi connectivity index (χ1n) is 11.0. The zero-order valence-corrected chi connectivity index (χ0v) is 18.0. The van der Waals surface area contributed by atoms with E-state index in [0.717, 1.165) is 49.9 Å². The van der Waals surface area contributed by atoms with Crippen LogP contribution >= 0.6 is 0 Å². The smallest absolute Gasteiger partial charge is 0.273 e. The lowest BCUT2D eigenvalue weighted by atomic mass is 10.1. The Kier molecular flexibility index (Phi) is 7.82. The molecule has 0 bridgehead atoms. The molecule has 1 aromatic carbocycles. The summed E-state index contributed by atoms with van der Waals surface area (Å²) >= 11 is 0. The lowest BCUT2D eigenvalue weighted by Crippen LogP contribution is -2.41. The second-order valence-corrected chi connectivity index (χ2v) is 7.65. The van der Waals surface area contributed by atoms with Gasteiger partial charge >= 0.3 is 0 Å². The summed E-state index contributed by atoms with van der Waals surface area (Å²) in [6.45, 7) is 5.81. The Morgan fingerprint density at radius 3 is 1.63 bits per heavy atom. The summed E-state index contributed by atoms with van der Waals surface area (Å²) in [5, 5.41) is 24.5. The van der Waals surface area contributed by atoms with E-state index in [-0.39, 0.29) is 11.1 Å². The van der Waals surface area contributed by atoms with E-state index < -0.39 is 0 Å². The highest BCUT2D eigenvalue weighted by Gasteiger charge is 2.20. The highest BCUT2D eigenvalue weighted by atomic mass is 16.5. The Balaban J connectivity index is 1.86. The van der Waals surface area contributed by atoms with Gasteiger partial charge in [0, 0.05) is 12.8 Å². The molecule has 2 heterocycles. The number of unbranched alkanes of at least 4 members (excludes halogenated alkanes) is 6. The van der Waals surface area contributed by atoms with Crippen LogP contribution in [0.5, 0.6) is 0 Å². The van der Waals surface area contributed by atoms with E-state index in [1.165, 1.54) is 25.7 Å². The van der Waals surface area contributed by atoms with Crippen LogP contribution in [0.15, 0.2) is 33.3 Å². The third-order valence-electron chi connectivity index (χ3n) is 5.26. The number of aryl methyl sites for hydroxylation is 2. The quantitative estimate of drug-likeness (QED) is 0.352. The summed E-state index contributed by atoms with van der Waals surface area (Å²) in [5.74, 6) is 0. The average molecular weight is 413 g/mol. The van der Waals surface area contributed by atoms with Crippen LogP contribution in [0, 0.1) is 10.8 Å². The minimum absolute atomic E-state index is 0.0477. The van der Waals surface area contributed by atoms with Crippen molar-refractivity contribution in [3.05, 3.63) is 35.4 Å². The van der Waals surface area contributed by atoms with Gasteiger partial charge in [0.2, 0.25) is 0 Å². The molecule has 0 atom stereocenters. The number of nitrogens with one attached hydrogen (secondary N) is 2. The predicted molar refractivity (Wildman–Crippen MR) is 109 cm³/mol. The number of rotatable bonds is 12. The number of aromatic nitrogens is 4. The number of hydrogen-bond donors (Lipinski definition) is 2. The minimum atomic E-state index is 0.0477. The van der Waals surface area contributed by atoms with Gasteiger partial charge in [-0.1, -0.05) is 45.6 Å². The van der Waals surface area contributed by atoms with E-state index in [0.29, 0.717) is 11.4 Å². The Labute approximate surface area is 176 Å². The van der Waals surface area contributed by atoms with Crippen molar-refractivity contribution >= 4 is 0 Å². The van der Waals surface area contributed by atoms with Crippen LogP contribution in [0.2, 0.25) is 0 Å². The first kappa shape index (κ1) is 21.8. The van der Waals surface area contributed by atoms with Crippen LogP contribution in [-0.4, -0.2) is 0 Å². The second-order valence-electron chi connectivity index (χ2n) is 7.65. The fraction of sp³-hybridized carbons (Fsp3) is 0.545. The van der Waals surface area contributed by atoms with Crippen LogP contribution in [0.25, 0.3) is 22.5 Å². The summed E-state index contributed by atoms with van der Waals surface area (Å²) in [4.78, 5) is 0. The van der Waals surface area contributed by atoms with Crippen LogP contribution < -0.4 is 31.0 Å². The van der Waals surface area contributed by atoms with Gasteiger partial charge in [-0.3, -0.25) is 21.4 Å². The molecule has 30 heavy (non-hydrogen) atoms. The molecule has 0 aliphatic carbocycles. The highest BCUT2D eigenvalue weighted by Crippen LogP contribution is 2.19. The van der Waals surface area contributed by atoms with Crippen molar-refractivity contribution in [1.82, 2.24) is 10.5 Å². The lowest BCUT2D eigenvalue weighted by Gasteiger charge is -2.05. The SMILES string of the molecule is CCCCCC[n+]1[n-]oc(=N)c1-c1cccc(-c2c(=N)o[n-][n+]2CCCCCC)c1. The van der Waals surface area contributed by atoms with Gasteiger partial charge in [-0.05, 0) is 31.0 Å². The van der Waals surface area contributed by atoms with Crippen molar-refractivity contribution in [3.8, 4) is 22.5 Å². The van der Waals surface area contributed by atoms with Crippen molar-refractivity contribution < 1.29 is 18.4 Å². The zero-order chi connectivity index (χ0) is 21.3. The summed E-state index contributed by atoms with van der Waals surface area (Å²) in [7, 11) is 0. The third-order valence-corrected chi connectivity index (χ3v) is 5.26. The van der Waals surface area contributed by atoms with E-state index in [2.05, 4.69) is 24.4 Å². The Morgan fingerprint density at radius 1 is 0.733 bits per heavy atom. The first-order chi connectivity index (χ1) is 14.7. The molecule has 0 fully saturated rings. The van der Waals surface area contributed by atoms with Crippen molar-refractivity contribution in [2.45, 2.75) is 78.3 Å². The summed E-state index contributed by atoms with van der Waals surface area (Å²) in [5.41, 5.74) is 3.09. The van der Waals surface area contributed by atoms with E-state index in [1.807, 2.05) is 24.3 Å². The van der Waals surface area contributed by atoms with E-state index in [9.17, 15) is 0 Å². The van der Waals surface area contributed by atoms with Crippen LogP contribution in [-0.2, 0) is 13.1 Å². The minimum Gasteiger partial charge on any atom is -0.486 e. The number of benzene rings is 1. The molecule has 8 nitrogen and oxygen atoms in total. The van der Waals surface area contributed by atoms with Crippen LogP contribution in [0.1, 0.15) is 65.2 Å². The molecule has 0 spiro atoms. The summed E-state index contributed by atoms with van der Waals surface area (Å²) in [6.07, 6.45) is 8.98. The lowest BCUT2D eigenvalue weighted by molar-refractivity contribution is -0.758. The van der Waals surface area contributed by atoms with E-state index in [4.69, 9.17) is 19.9 Å². The van der Waals surface area contributed by atoms with Gasteiger partial charge in [-0.25, -0.2) is 9.36 Å². The Hall–Kier alpha value is -2.90. The van der Waals surface area contributed by atoms with Crippen molar-refractivity contribution in [2.75, 3.05) is 0 Å². The molecule has 3 aromatic rings. The molecule has 0 aliphatic heterocycles. The maximum absolute atomic E-state index is 8.18. The molecule has 0 saturated heterocycles.